The Bertz CT molecular complexity index is 327. The number of ether oxygens (including phenoxy) is 2. The van der Waals surface area contributed by atoms with E-state index in [0.29, 0.717) is 11.5 Å². The summed E-state index contributed by atoms with van der Waals surface area (Å²) in [4.78, 5) is 0. The highest BCUT2D eigenvalue weighted by Gasteiger charge is 2.13. The van der Waals surface area contributed by atoms with Gasteiger partial charge >= 0.3 is 0 Å². The van der Waals surface area contributed by atoms with Gasteiger partial charge in [0.05, 0.1) is 17.2 Å². The van der Waals surface area contributed by atoms with Gasteiger partial charge in [-0.1, -0.05) is 11.6 Å². The lowest BCUT2D eigenvalue weighted by Gasteiger charge is -2.17. The van der Waals surface area contributed by atoms with Crippen LogP contribution in [0.2, 0.25) is 5.02 Å². The molecule has 0 unspecified atom stereocenters. The van der Waals surface area contributed by atoms with Gasteiger partial charge in [-0.15, -0.1) is 0 Å². The predicted octanol–water partition coefficient (Wildman–Crippen LogP) is 3.62. The van der Waals surface area contributed by atoms with Gasteiger partial charge in [0.1, 0.15) is 5.75 Å². The van der Waals surface area contributed by atoms with E-state index < -0.39 is 0 Å². The molecule has 0 spiro atoms. The SMILES string of the molecule is CC(C)Oc1cc(O)c(Cl)cc1OC(C)C. The highest BCUT2D eigenvalue weighted by atomic mass is 35.5. The molecule has 1 aromatic rings. The summed E-state index contributed by atoms with van der Waals surface area (Å²) in [5.74, 6) is 1.05. The Morgan fingerprint density at radius 2 is 1.44 bits per heavy atom. The Labute approximate surface area is 101 Å². The van der Waals surface area contributed by atoms with Gasteiger partial charge in [-0.25, -0.2) is 0 Å². The minimum absolute atomic E-state index is 0.00609. The van der Waals surface area contributed by atoms with Crippen molar-refractivity contribution in [2.45, 2.75) is 39.9 Å². The molecule has 4 heteroatoms. The average molecular weight is 245 g/mol. The fraction of sp³-hybridized carbons (Fsp3) is 0.500. The van der Waals surface area contributed by atoms with E-state index in [9.17, 15) is 5.11 Å². The van der Waals surface area contributed by atoms with Crippen molar-refractivity contribution >= 4 is 11.6 Å². The summed E-state index contributed by atoms with van der Waals surface area (Å²) < 4.78 is 11.1. The smallest absolute Gasteiger partial charge is 0.165 e. The third-order valence-corrected chi connectivity index (χ3v) is 2.04. The summed E-state index contributed by atoms with van der Waals surface area (Å²) in [6.45, 7) is 7.65. The van der Waals surface area contributed by atoms with Crippen LogP contribution >= 0.6 is 11.6 Å². The molecule has 0 radical (unpaired) electrons. The lowest BCUT2D eigenvalue weighted by atomic mass is 10.3. The van der Waals surface area contributed by atoms with Gasteiger partial charge in [0.2, 0.25) is 0 Å². The summed E-state index contributed by atoms with van der Waals surface area (Å²) in [7, 11) is 0. The summed E-state index contributed by atoms with van der Waals surface area (Å²) in [6.07, 6.45) is 0.0326. The third kappa shape index (κ3) is 3.49. The van der Waals surface area contributed by atoms with Crippen LogP contribution in [0.15, 0.2) is 12.1 Å². The summed E-state index contributed by atoms with van der Waals surface area (Å²) in [5.41, 5.74) is 0. The Morgan fingerprint density at radius 3 is 1.88 bits per heavy atom. The zero-order valence-electron chi connectivity index (χ0n) is 9.95. The second kappa shape index (κ2) is 5.30. The van der Waals surface area contributed by atoms with E-state index in [-0.39, 0.29) is 23.0 Å². The van der Waals surface area contributed by atoms with E-state index in [1.54, 1.807) is 6.07 Å². The molecule has 0 amide bonds. The van der Waals surface area contributed by atoms with Crippen LogP contribution in [0, 0.1) is 0 Å². The van der Waals surface area contributed by atoms with E-state index in [2.05, 4.69) is 0 Å². The van der Waals surface area contributed by atoms with E-state index in [4.69, 9.17) is 21.1 Å². The zero-order chi connectivity index (χ0) is 12.3. The number of halogens is 1. The van der Waals surface area contributed by atoms with Gasteiger partial charge in [-0.05, 0) is 27.7 Å². The van der Waals surface area contributed by atoms with Crippen molar-refractivity contribution in [2.75, 3.05) is 0 Å². The highest BCUT2D eigenvalue weighted by Crippen LogP contribution is 2.38. The van der Waals surface area contributed by atoms with Crippen molar-refractivity contribution < 1.29 is 14.6 Å². The first-order chi connectivity index (χ1) is 7.40. The van der Waals surface area contributed by atoms with Crippen LogP contribution in [0.5, 0.6) is 17.2 Å². The first kappa shape index (κ1) is 13.0. The number of rotatable bonds is 4. The molecule has 0 saturated heterocycles. The van der Waals surface area contributed by atoms with Gasteiger partial charge in [0.25, 0.3) is 0 Å². The van der Waals surface area contributed by atoms with Crippen molar-refractivity contribution in [1.82, 2.24) is 0 Å². The first-order valence-corrected chi connectivity index (χ1v) is 5.63. The zero-order valence-corrected chi connectivity index (χ0v) is 10.7. The van der Waals surface area contributed by atoms with E-state index in [0.717, 1.165) is 0 Å². The molecule has 0 heterocycles. The normalized spacial score (nSPS) is 10.9. The maximum absolute atomic E-state index is 9.50. The van der Waals surface area contributed by atoms with Crippen LogP contribution in [-0.4, -0.2) is 17.3 Å². The van der Waals surface area contributed by atoms with E-state index >= 15 is 0 Å². The number of phenols is 1. The quantitative estimate of drug-likeness (QED) is 0.879. The number of phenolic OH excluding ortho intramolecular Hbond substituents is 1. The fourth-order valence-electron chi connectivity index (χ4n) is 1.22. The van der Waals surface area contributed by atoms with Crippen LogP contribution in [0.25, 0.3) is 0 Å². The molecule has 90 valence electrons. The van der Waals surface area contributed by atoms with Crippen molar-refractivity contribution in [2.24, 2.45) is 0 Å². The first-order valence-electron chi connectivity index (χ1n) is 5.26. The maximum Gasteiger partial charge on any atom is 0.165 e. The molecule has 1 aromatic carbocycles. The number of hydrogen-bond donors (Lipinski definition) is 1. The Balaban J connectivity index is 3.06. The summed E-state index contributed by atoms with van der Waals surface area (Å²) in [5, 5.41) is 9.76. The van der Waals surface area contributed by atoms with Gasteiger partial charge in [-0.3, -0.25) is 0 Å². The van der Waals surface area contributed by atoms with Crippen LogP contribution in [0.1, 0.15) is 27.7 Å². The van der Waals surface area contributed by atoms with Gasteiger partial charge in [0.15, 0.2) is 11.5 Å². The molecule has 0 saturated carbocycles. The Hall–Kier alpha value is -1.09. The second-order valence-corrected chi connectivity index (χ2v) is 4.49. The molecule has 0 fully saturated rings. The number of hydrogen-bond acceptors (Lipinski definition) is 3. The van der Waals surface area contributed by atoms with Crippen LogP contribution in [0.4, 0.5) is 0 Å². The molecule has 3 nitrogen and oxygen atoms in total. The second-order valence-electron chi connectivity index (χ2n) is 4.08. The van der Waals surface area contributed by atoms with Gasteiger partial charge in [-0.2, -0.15) is 0 Å². The van der Waals surface area contributed by atoms with Crippen molar-refractivity contribution in [1.29, 1.82) is 0 Å². The molecular formula is C12H17ClO3. The summed E-state index contributed by atoms with van der Waals surface area (Å²) in [6, 6.07) is 3.04. The molecule has 0 aliphatic rings. The minimum atomic E-state index is -0.00609. The number of benzene rings is 1. The summed E-state index contributed by atoms with van der Waals surface area (Å²) >= 11 is 5.82. The lowest BCUT2D eigenvalue weighted by molar-refractivity contribution is 0.198. The Kier molecular flexibility index (Phi) is 4.30. The van der Waals surface area contributed by atoms with Crippen LogP contribution in [0.3, 0.4) is 0 Å². The minimum Gasteiger partial charge on any atom is -0.506 e. The number of aromatic hydroxyl groups is 1. The molecule has 0 aliphatic carbocycles. The van der Waals surface area contributed by atoms with E-state index in [1.807, 2.05) is 27.7 Å². The fourth-order valence-corrected chi connectivity index (χ4v) is 1.37. The van der Waals surface area contributed by atoms with E-state index in [1.165, 1.54) is 6.07 Å². The average Bonchev–Trinajstić information content (AvgIpc) is 2.11. The molecule has 0 atom stereocenters. The van der Waals surface area contributed by atoms with Crippen LogP contribution in [-0.2, 0) is 0 Å². The predicted molar refractivity (Wildman–Crippen MR) is 64.6 cm³/mol. The molecule has 0 aromatic heterocycles. The third-order valence-electron chi connectivity index (χ3n) is 1.74. The molecule has 0 aliphatic heterocycles. The standard InChI is InChI=1S/C12H17ClO3/c1-7(2)15-11-5-9(13)10(14)6-12(11)16-8(3)4/h5-8,14H,1-4H3. The molecule has 0 bridgehead atoms. The van der Waals surface area contributed by atoms with Crippen molar-refractivity contribution in [3.8, 4) is 17.2 Å². The van der Waals surface area contributed by atoms with Gasteiger partial charge in [0, 0.05) is 12.1 Å². The van der Waals surface area contributed by atoms with Crippen molar-refractivity contribution in [3.05, 3.63) is 17.2 Å². The monoisotopic (exact) mass is 244 g/mol. The molecule has 1 rings (SSSR count). The largest absolute Gasteiger partial charge is 0.506 e. The van der Waals surface area contributed by atoms with Gasteiger partial charge < -0.3 is 14.6 Å². The topological polar surface area (TPSA) is 38.7 Å². The molecule has 16 heavy (non-hydrogen) atoms. The highest BCUT2D eigenvalue weighted by molar-refractivity contribution is 6.32. The lowest BCUT2D eigenvalue weighted by Crippen LogP contribution is -2.10. The van der Waals surface area contributed by atoms with Crippen molar-refractivity contribution in [3.63, 3.8) is 0 Å². The maximum atomic E-state index is 9.50. The van der Waals surface area contributed by atoms with Crippen LogP contribution < -0.4 is 9.47 Å². The molecular weight excluding hydrogens is 228 g/mol. The molecule has 1 N–H and O–H groups in total. The Morgan fingerprint density at radius 1 is 1.00 bits per heavy atom.